The van der Waals surface area contributed by atoms with Gasteiger partial charge in [-0.15, -0.1) is 0 Å². The fourth-order valence-electron chi connectivity index (χ4n) is 1.80. The molecule has 2 unspecified atom stereocenters. The maximum Gasteiger partial charge on any atom is 0.306 e. The third-order valence-electron chi connectivity index (χ3n) is 2.80. The van der Waals surface area contributed by atoms with E-state index in [1.54, 1.807) is 0 Å². The monoisotopic (exact) mass is 185 g/mol. The van der Waals surface area contributed by atoms with E-state index < -0.39 is 5.97 Å². The van der Waals surface area contributed by atoms with Gasteiger partial charge < -0.3 is 10.4 Å². The minimum atomic E-state index is -0.643. The molecule has 1 saturated heterocycles. The quantitative estimate of drug-likeness (QED) is 0.650. The Balaban J connectivity index is 2.57. The van der Waals surface area contributed by atoms with Crippen LogP contribution in [-0.4, -0.2) is 23.7 Å². The summed E-state index contributed by atoms with van der Waals surface area (Å²) >= 11 is 0. The fraction of sp³-hybridized carbons (Fsp3) is 0.900. The first-order chi connectivity index (χ1) is 5.91. The number of carboxylic acid groups (broad SMARTS) is 1. The van der Waals surface area contributed by atoms with Gasteiger partial charge in [0, 0.05) is 6.04 Å². The first-order valence-corrected chi connectivity index (χ1v) is 4.87. The molecule has 1 aliphatic heterocycles. The third kappa shape index (κ3) is 2.69. The van der Waals surface area contributed by atoms with Crippen LogP contribution in [0.2, 0.25) is 0 Å². The van der Waals surface area contributed by atoms with Gasteiger partial charge in [-0.2, -0.15) is 0 Å². The summed E-state index contributed by atoms with van der Waals surface area (Å²) in [7, 11) is 0. The second-order valence-corrected chi connectivity index (χ2v) is 4.93. The van der Waals surface area contributed by atoms with Crippen molar-refractivity contribution in [2.75, 3.05) is 6.54 Å². The highest BCUT2D eigenvalue weighted by atomic mass is 16.4. The number of carboxylic acids is 1. The van der Waals surface area contributed by atoms with E-state index in [1.807, 2.05) is 0 Å². The Morgan fingerprint density at radius 3 is 2.54 bits per heavy atom. The zero-order valence-corrected chi connectivity index (χ0v) is 8.63. The Labute approximate surface area is 79.5 Å². The van der Waals surface area contributed by atoms with Crippen molar-refractivity contribution in [1.82, 2.24) is 5.32 Å². The van der Waals surface area contributed by atoms with Crippen molar-refractivity contribution in [3.63, 3.8) is 0 Å². The summed E-state index contributed by atoms with van der Waals surface area (Å²) in [6, 6.07) is 0.336. The van der Waals surface area contributed by atoms with Crippen molar-refractivity contribution in [2.24, 2.45) is 11.3 Å². The summed E-state index contributed by atoms with van der Waals surface area (Å²) in [5, 5.41) is 12.3. The number of carbonyl (C=O) groups is 1. The lowest BCUT2D eigenvalue weighted by Gasteiger charge is -2.37. The number of aliphatic carboxylic acids is 1. The number of nitrogens with one attached hydrogen (secondary N) is 1. The number of hydrogen-bond donors (Lipinski definition) is 2. The summed E-state index contributed by atoms with van der Waals surface area (Å²) in [6.45, 7) is 7.28. The van der Waals surface area contributed by atoms with Crippen LogP contribution in [0.5, 0.6) is 0 Å². The van der Waals surface area contributed by atoms with Gasteiger partial charge in [0.05, 0.1) is 5.92 Å². The van der Waals surface area contributed by atoms with Gasteiger partial charge >= 0.3 is 5.97 Å². The lowest BCUT2D eigenvalue weighted by Crippen LogP contribution is -2.47. The van der Waals surface area contributed by atoms with E-state index in [2.05, 4.69) is 26.1 Å². The zero-order chi connectivity index (χ0) is 10.1. The number of hydrogen-bond acceptors (Lipinski definition) is 2. The Kier molecular flexibility index (Phi) is 2.96. The first kappa shape index (κ1) is 10.5. The Hall–Kier alpha value is -0.570. The van der Waals surface area contributed by atoms with E-state index >= 15 is 0 Å². The standard InChI is InChI=1S/C10H19NO2/c1-10(2,3)8-6-7(9(12)13)4-5-11-8/h7-8,11H,4-6H2,1-3H3,(H,12,13). The van der Waals surface area contributed by atoms with Gasteiger partial charge in [-0.3, -0.25) is 4.79 Å². The molecular weight excluding hydrogens is 166 g/mol. The molecule has 1 aliphatic rings. The predicted octanol–water partition coefficient (Wildman–Crippen LogP) is 1.49. The molecule has 0 aromatic heterocycles. The van der Waals surface area contributed by atoms with Crippen molar-refractivity contribution in [2.45, 2.75) is 39.7 Å². The van der Waals surface area contributed by atoms with E-state index in [4.69, 9.17) is 5.11 Å². The minimum Gasteiger partial charge on any atom is -0.481 e. The zero-order valence-electron chi connectivity index (χ0n) is 8.63. The van der Waals surface area contributed by atoms with Crippen LogP contribution in [0.3, 0.4) is 0 Å². The molecule has 3 nitrogen and oxygen atoms in total. The summed E-state index contributed by atoms with van der Waals surface area (Å²) in [6.07, 6.45) is 1.53. The maximum absolute atomic E-state index is 10.8. The molecule has 0 bridgehead atoms. The van der Waals surface area contributed by atoms with Crippen LogP contribution in [-0.2, 0) is 4.79 Å². The van der Waals surface area contributed by atoms with Crippen LogP contribution in [0.4, 0.5) is 0 Å². The third-order valence-corrected chi connectivity index (χ3v) is 2.80. The van der Waals surface area contributed by atoms with Crippen molar-refractivity contribution in [1.29, 1.82) is 0 Å². The second kappa shape index (κ2) is 3.66. The van der Waals surface area contributed by atoms with E-state index in [0.29, 0.717) is 6.04 Å². The summed E-state index contributed by atoms with van der Waals surface area (Å²) in [4.78, 5) is 10.8. The second-order valence-electron chi connectivity index (χ2n) is 4.93. The summed E-state index contributed by atoms with van der Waals surface area (Å²) < 4.78 is 0. The van der Waals surface area contributed by atoms with Crippen molar-refractivity contribution in [3.8, 4) is 0 Å². The largest absolute Gasteiger partial charge is 0.481 e. The van der Waals surface area contributed by atoms with Gasteiger partial charge in [0.25, 0.3) is 0 Å². The van der Waals surface area contributed by atoms with Crippen molar-refractivity contribution >= 4 is 5.97 Å². The molecular formula is C10H19NO2. The van der Waals surface area contributed by atoms with Gasteiger partial charge in [-0.05, 0) is 24.8 Å². The van der Waals surface area contributed by atoms with Gasteiger partial charge in [0.15, 0.2) is 0 Å². The molecule has 3 heteroatoms. The van der Waals surface area contributed by atoms with Crippen LogP contribution in [0.15, 0.2) is 0 Å². The van der Waals surface area contributed by atoms with E-state index in [9.17, 15) is 4.79 Å². The van der Waals surface area contributed by atoms with Crippen molar-refractivity contribution < 1.29 is 9.90 Å². The molecule has 0 aromatic rings. The molecule has 2 atom stereocenters. The maximum atomic E-state index is 10.8. The van der Waals surface area contributed by atoms with Crippen LogP contribution in [0.1, 0.15) is 33.6 Å². The predicted molar refractivity (Wildman–Crippen MR) is 51.6 cm³/mol. The molecule has 0 aromatic carbocycles. The molecule has 1 rings (SSSR count). The average Bonchev–Trinajstić information content (AvgIpc) is 2.03. The molecule has 13 heavy (non-hydrogen) atoms. The Morgan fingerprint density at radius 1 is 1.46 bits per heavy atom. The van der Waals surface area contributed by atoms with Gasteiger partial charge in [0.2, 0.25) is 0 Å². The Morgan fingerprint density at radius 2 is 2.08 bits per heavy atom. The van der Waals surface area contributed by atoms with Gasteiger partial charge in [0.1, 0.15) is 0 Å². The van der Waals surface area contributed by atoms with Crippen molar-refractivity contribution in [3.05, 3.63) is 0 Å². The van der Waals surface area contributed by atoms with Crippen LogP contribution < -0.4 is 5.32 Å². The minimum absolute atomic E-state index is 0.148. The van der Waals surface area contributed by atoms with E-state index in [0.717, 1.165) is 19.4 Å². The molecule has 1 heterocycles. The van der Waals surface area contributed by atoms with Crippen LogP contribution >= 0.6 is 0 Å². The highest BCUT2D eigenvalue weighted by Gasteiger charge is 2.33. The molecule has 0 spiro atoms. The summed E-state index contributed by atoms with van der Waals surface area (Å²) in [5.74, 6) is -0.791. The molecule has 76 valence electrons. The molecule has 0 amide bonds. The van der Waals surface area contributed by atoms with Gasteiger partial charge in [-0.25, -0.2) is 0 Å². The SMILES string of the molecule is CC(C)(C)C1CC(C(=O)O)CCN1. The highest BCUT2D eigenvalue weighted by Crippen LogP contribution is 2.28. The number of piperidine rings is 1. The fourth-order valence-corrected chi connectivity index (χ4v) is 1.80. The molecule has 2 N–H and O–H groups in total. The lowest BCUT2D eigenvalue weighted by atomic mass is 9.78. The first-order valence-electron chi connectivity index (χ1n) is 4.87. The molecule has 0 radical (unpaired) electrons. The number of rotatable bonds is 1. The lowest BCUT2D eigenvalue weighted by molar-refractivity contribution is -0.143. The molecule has 0 saturated carbocycles. The molecule has 1 fully saturated rings. The highest BCUT2D eigenvalue weighted by molar-refractivity contribution is 5.70. The molecule has 0 aliphatic carbocycles. The topological polar surface area (TPSA) is 49.3 Å². The smallest absolute Gasteiger partial charge is 0.306 e. The van der Waals surface area contributed by atoms with E-state index in [-0.39, 0.29) is 11.3 Å². The van der Waals surface area contributed by atoms with Gasteiger partial charge in [-0.1, -0.05) is 20.8 Å². The normalized spacial score (nSPS) is 30.1. The van der Waals surface area contributed by atoms with Crippen LogP contribution in [0, 0.1) is 11.3 Å². The average molecular weight is 185 g/mol. The Bertz CT molecular complexity index is 196. The van der Waals surface area contributed by atoms with E-state index in [1.165, 1.54) is 0 Å². The summed E-state index contributed by atoms with van der Waals surface area (Å²) in [5.41, 5.74) is 0.161. The van der Waals surface area contributed by atoms with Crippen LogP contribution in [0.25, 0.3) is 0 Å².